The molecule has 2 aromatic heterocycles. The normalized spacial score (nSPS) is 11.4. The number of aromatic nitrogens is 3. The highest BCUT2D eigenvalue weighted by Crippen LogP contribution is 2.35. The van der Waals surface area contributed by atoms with Crippen molar-refractivity contribution in [2.24, 2.45) is 0 Å². The molecule has 0 bridgehead atoms. The fourth-order valence-corrected chi connectivity index (χ4v) is 3.68. The summed E-state index contributed by atoms with van der Waals surface area (Å²) in [7, 11) is 1.64. The molecule has 0 aliphatic heterocycles. The van der Waals surface area contributed by atoms with E-state index in [-0.39, 0.29) is 0 Å². The minimum absolute atomic E-state index is 0.669. The van der Waals surface area contributed by atoms with E-state index < -0.39 is 0 Å². The Morgan fingerprint density at radius 3 is 2.82 bits per heavy atom. The van der Waals surface area contributed by atoms with E-state index in [0.717, 1.165) is 27.6 Å². The van der Waals surface area contributed by atoms with Gasteiger partial charge in [0.05, 0.1) is 22.9 Å². The monoisotopic (exact) mass is 310 g/mol. The van der Waals surface area contributed by atoms with Crippen molar-refractivity contribution in [1.82, 2.24) is 14.6 Å². The third-order valence-corrected chi connectivity index (χ3v) is 4.65. The van der Waals surface area contributed by atoms with E-state index in [1.807, 2.05) is 18.2 Å². The highest BCUT2D eigenvalue weighted by Gasteiger charge is 2.17. The molecule has 22 heavy (non-hydrogen) atoms. The summed E-state index contributed by atoms with van der Waals surface area (Å²) in [5.41, 5.74) is 9.76. The van der Waals surface area contributed by atoms with Crippen molar-refractivity contribution in [3.05, 3.63) is 42.0 Å². The number of rotatable bonds is 2. The van der Waals surface area contributed by atoms with Gasteiger partial charge < -0.3 is 10.5 Å². The molecule has 4 rings (SSSR count). The lowest BCUT2D eigenvalue weighted by molar-refractivity contribution is 0.416. The van der Waals surface area contributed by atoms with Crippen LogP contribution in [0.3, 0.4) is 0 Å². The summed E-state index contributed by atoms with van der Waals surface area (Å²) < 4.78 is 8.69. The van der Waals surface area contributed by atoms with E-state index in [0.29, 0.717) is 5.69 Å². The molecule has 0 fully saturated rings. The van der Waals surface area contributed by atoms with E-state index in [4.69, 9.17) is 10.5 Å². The molecule has 0 saturated carbocycles. The number of fused-ring (bicyclic) bond motifs is 3. The number of thiazole rings is 1. The van der Waals surface area contributed by atoms with Crippen molar-refractivity contribution in [2.45, 2.75) is 6.92 Å². The third kappa shape index (κ3) is 1.84. The number of benzene rings is 2. The number of ether oxygens (including phenoxy) is 1. The van der Waals surface area contributed by atoms with E-state index in [9.17, 15) is 0 Å². The molecular weight excluding hydrogens is 296 g/mol. The predicted octanol–water partition coefficient (Wildman–Crippen LogP) is 3.51. The van der Waals surface area contributed by atoms with Crippen LogP contribution < -0.4 is 10.5 Å². The van der Waals surface area contributed by atoms with E-state index in [2.05, 4.69) is 39.7 Å². The summed E-state index contributed by atoms with van der Waals surface area (Å²) in [6.07, 6.45) is 0. The van der Waals surface area contributed by atoms with Crippen LogP contribution in [0.5, 0.6) is 5.75 Å². The average molecular weight is 310 g/mol. The van der Waals surface area contributed by atoms with Crippen LogP contribution in [-0.2, 0) is 0 Å². The molecule has 0 radical (unpaired) electrons. The Bertz CT molecular complexity index is 1000. The maximum Gasteiger partial charge on any atom is 0.217 e. The molecule has 0 spiro atoms. The molecule has 2 N–H and O–H groups in total. The molecule has 5 nitrogen and oxygen atoms in total. The van der Waals surface area contributed by atoms with Crippen molar-refractivity contribution in [3.8, 4) is 17.1 Å². The SMILES string of the molecule is COc1ccc(N)cc1-c1nnc2sc3cc(C)ccc3n12. The van der Waals surface area contributed by atoms with E-state index in [1.165, 1.54) is 10.3 Å². The van der Waals surface area contributed by atoms with E-state index in [1.54, 1.807) is 18.4 Å². The second kappa shape index (κ2) is 4.71. The number of methoxy groups -OCH3 is 1. The van der Waals surface area contributed by atoms with Gasteiger partial charge in [-0.1, -0.05) is 17.4 Å². The largest absolute Gasteiger partial charge is 0.496 e. The van der Waals surface area contributed by atoms with Crippen LogP contribution in [0.1, 0.15) is 5.56 Å². The molecule has 2 heterocycles. The zero-order valence-corrected chi connectivity index (χ0v) is 13.0. The van der Waals surface area contributed by atoms with Crippen molar-refractivity contribution in [3.63, 3.8) is 0 Å². The zero-order chi connectivity index (χ0) is 15.3. The first-order chi connectivity index (χ1) is 10.7. The number of nitrogens with zero attached hydrogens (tertiary/aromatic N) is 3. The summed E-state index contributed by atoms with van der Waals surface area (Å²) in [6.45, 7) is 2.09. The molecule has 110 valence electrons. The van der Waals surface area contributed by atoms with Crippen molar-refractivity contribution in [2.75, 3.05) is 12.8 Å². The standard InChI is InChI=1S/C16H14N4OS/c1-9-3-5-12-14(7-9)22-16-19-18-15(20(12)16)11-8-10(17)4-6-13(11)21-2/h3-8H,17H2,1-2H3. The van der Waals surface area contributed by atoms with Crippen LogP contribution in [0, 0.1) is 6.92 Å². The van der Waals surface area contributed by atoms with Crippen LogP contribution in [-0.4, -0.2) is 21.7 Å². The van der Waals surface area contributed by atoms with Gasteiger partial charge in [0.2, 0.25) is 4.96 Å². The lowest BCUT2D eigenvalue weighted by Crippen LogP contribution is -1.95. The van der Waals surface area contributed by atoms with E-state index >= 15 is 0 Å². The van der Waals surface area contributed by atoms with Gasteiger partial charge in [-0.25, -0.2) is 0 Å². The minimum Gasteiger partial charge on any atom is -0.496 e. The van der Waals surface area contributed by atoms with Crippen LogP contribution in [0.15, 0.2) is 36.4 Å². The number of hydrogen-bond donors (Lipinski definition) is 1. The summed E-state index contributed by atoms with van der Waals surface area (Å²) in [4.78, 5) is 0.861. The summed E-state index contributed by atoms with van der Waals surface area (Å²) in [5, 5.41) is 8.64. The number of anilines is 1. The van der Waals surface area contributed by atoms with Gasteiger partial charge in [0.25, 0.3) is 0 Å². The molecule has 0 amide bonds. The van der Waals surface area contributed by atoms with Crippen LogP contribution in [0.4, 0.5) is 5.69 Å². The topological polar surface area (TPSA) is 65.4 Å². The Hall–Kier alpha value is -2.60. The molecule has 2 aromatic carbocycles. The maximum absolute atomic E-state index is 5.93. The summed E-state index contributed by atoms with van der Waals surface area (Å²) in [5.74, 6) is 1.48. The Morgan fingerprint density at radius 1 is 1.14 bits per heavy atom. The van der Waals surface area contributed by atoms with Gasteiger partial charge in [0, 0.05) is 5.69 Å². The highest BCUT2D eigenvalue weighted by atomic mass is 32.1. The van der Waals surface area contributed by atoms with Gasteiger partial charge in [0.1, 0.15) is 5.75 Å². The first kappa shape index (κ1) is 13.1. The quantitative estimate of drug-likeness (QED) is 0.575. The summed E-state index contributed by atoms with van der Waals surface area (Å²) in [6, 6.07) is 11.9. The van der Waals surface area contributed by atoms with Gasteiger partial charge in [-0.3, -0.25) is 4.40 Å². The minimum atomic E-state index is 0.669. The van der Waals surface area contributed by atoms with Gasteiger partial charge in [0.15, 0.2) is 5.82 Å². The second-order valence-corrected chi connectivity index (χ2v) is 6.18. The number of hydrogen-bond acceptors (Lipinski definition) is 5. The number of aryl methyl sites for hydroxylation is 1. The van der Waals surface area contributed by atoms with Crippen LogP contribution in [0.2, 0.25) is 0 Å². The van der Waals surface area contributed by atoms with Gasteiger partial charge >= 0.3 is 0 Å². The molecule has 0 aliphatic carbocycles. The van der Waals surface area contributed by atoms with Gasteiger partial charge in [-0.2, -0.15) is 0 Å². The smallest absolute Gasteiger partial charge is 0.217 e. The molecule has 0 atom stereocenters. The fourth-order valence-electron chi connectivity index (χ4n) is 2.61. The molecule has 6 heteroatoms. The molecule has 0 aliphatic rings. The molecule has 0 unspecified atom stereocenters. The van der Waals surface area contributed by atoms with Crippen LogP contribution >= 0.6 is 11.3 Å². The highest BCUT2D eigenvalue weighted by molar-refractivity contribution is 7.23. The Morgan fingerprint density at radius 2 is 2.00 bits per heavy atom. The average Bonchev–Trinajstić information content (AvgIpc) is 3.05. The molecule has 4 aromatic rings. The first-order valence-corrected chi connectivity index (χ1v) is 7.67. The molecular formula is C16H14N4OS. The van der Waals surface area contributed by atoms with Gasteiger partial charge in [-0.15, -0.1) is 10.2 Å². The van der Waals surface area contributed by atoms with Crippen molar-refractivity contribution in [1.29, 1.82) is 0 Å². The summed E-state index contributed by atoms with van der Waals surface area (Å²) >= 11 is 1.63. The Kier molecular flexibility index (Phi) is 2.80. The van der Waals surface area contributed by atoms with Gasteiger partial charge in [-0.05, 0) is 42.8 Å². The van der Waals surface area contributed by atoms with Crippen molar-refractivity contribution < 1.29 is 4.74 Å². The first-order valence-electron chi connectivity index (χ1n) is 6.85. The maximum atomic E-state index is 5.93. The lowest BCUT2D eigenvalue weighted by Gasteiger charge is -2.07. The zero-order valence-electron chi connectivity index (χ0n) is 12.2. The number of nitrogen functional groups attached to an aromatic ring is 1. The lowest BCUT2D eigenvalue weighted by atomic mass is 10.1. The second-order valence-electron chi connectivity index (χ2n) is 5.17. The predicted molar refractivity (Wildman–Crippen MR) is 89.5 cm³/mol. The Balaban J connectivity index is 2.07. The molecule has 0 saturated heterocycles. The Labute approximate surface area is 131 Å². The fraction of sp³-hybridized carbons (Fsp3) is 0.125. The third-order valence-electron chi connectivity index (χ3n) is 3.66. The van der Waals surface area contributed by atoms with Crippen LogP contribution in [0.25, 0.3) is 26.6 Å². The number of nitrogens with two attached hydrogens (primary N) is 1. The van der Waals surface area contributed by atoms with Crippen molar-refractivity contribution >= 4 is 32.2 Å².